The second kappa shape index (κ2) is 9.56. The average Bonchev–Trinajstić information content (AvgIpc) is 2.60. The van der Waals surface area contributed by atoms with Crippen LogP contribution in [0.3, 0.4) is 0 Å². The van der Waals surface area contributed by atoms with Crippen molar-refractivity contribution in [2.75, 3.05) is 26.0 Å². The highest BCUT2D eigenvalue weighted by molar-refractivity contribution is 7.88. The molecule has 0 bridgehead atoms. The Balaban J connectivity index is 1.85. The SMILES string of the molecule is CS(=O)(=O)N(CC(=O)NCCOc1ccccc1)Cc1ccccc1Cl. The summed E-state index contributed by atoms with van der Waals surface area (Å²) in [6.45, 7) is 0.318. The Hall–Kier alpha value is -2.09. The Morgan fingerprint density at radius 3 is 2.42 bits per heavy atom. The molecular formula is C18H21ClN2O4S. The number of carbonyl (C=O) groups is 1. The van der Waals surface area contributed by atoms with E-state index in [1.165, 1.54) is 0 Å². The molecule has 0 radical (unpaired) electrons. The van der Waals surface area contributed by atoms with Crippen LogP contribution < -0.4 is 10.1 Å². The number of amides is 1. The monoisotopic (exact) mass is 396 g/mol. The summed E-state index contributed by atoms with van der Waals surface area (Å²) in [4.78, 5) is 12.1. The van der Waals surface area contributed by atoms with E-state index >= 15 is 0 Å². The van der Waals surface area contributed by atoms with E-state index in [-0.39, 0.29) is 19.6 Å². The van der Waals surface area contributed by atoms with Crippen LogP contribution in [0.4, 0.5) is 0 Å². The summed E-state index contributed by atoms with van der Waals surface area (Å²) in [6, 6.07) is 16.2. The molecule has 0 saturated heterocycles. The van der Waals surface area contributed by atoms with Gasteiger partial charge in [-0.25, -0.2) is 8.42 Å². The van der Waals surface area contributed by atoms with E-state index in [2.05, 4.69) is 5.32 Å². The Kier molecular flexibility index (Phi) is 7.44. The number of halogens is 1. The molecule has 0 saturated carbocycles. The van der Waals surface area contributed by atoms with E-state index < -0.39 is 15.9 Å². The van der Waals surface area contributed by atoms with Crippen LogP contribution in [0.5, 0.6) is 5.75 Å². The highest BCUT2D eigenvalue weighted by Gasteiger charge is 2.21. The van der Waals surface area contributed by atoms with Crippen LogP contribution >= 0.6 is 11.6 Å². The number of sulfonamides is 1. The van der Waals surface area contributed by atoms with Crippen LogP contribution in [-0.2, 0) is 21.4 Å². The highest BCUT2D eigenvalue weighted by atomic mass is 35.5. The first-order valence-electron chi connectivity index (χ1n) is 7.99. The molecule has 26 heavy (non-hydrogen) atoms. The molecule has 0 aliphatic rings. The molecule has 0 atom stereocenters. The topological polar surface area (TPSA) is 75.7 Å². The van der Waals surface area contributed by atoms with E-state index in [0.29, 0.717) is 22.9 Å². The van der Waals surface area contributed by atoms with E-state index in [0.717, 1.165) is 10.6 Å². The third-order valence-corrected chi connectivity index (χ3v) is 5.09. The van der Waals surface area contributed by atoms with Gasteiger partial charge in [0.2, 0.25) is 15.9 Å². The second-order valence-corrected chi connectivity index (χ2v) is 8.02. The smallest absolute Gasteiger partial charge is 0.235 e. The van der Waals surface area contributed by atoms with E-state index in [9.17, 15) is 13.2 Å². The minimum atomic E-state index is -3.57. The van der Waals surface area contributed by atoms with Gasteiger partial charge in [-0.15, -0.1) is 0 Å². The van der Waals surface area contributed by atoms with Crippen LogP contribution in [0.1, 0.15) is 5.56 Å². The highest BCUT2D eigenvalue weighted by Crippen LogP contribution is 2.18. The molecule has 0 aliphatic carbocycles. The minimum absolute atomic E-state index is 0.0342. The molecule has 140 valence electrons. The lowest BCUT2D eigenvalue weighted by molar-refractivity contribution is -0.121. The zero-order valence-corrected chi connectivity index (χ0v) is 16.0. The summed E-state index contributed by atoms with van der Waals surface area (Å²) in [5.41, 5.74) is 0.639. The van der Waals surface area contributed by atoms with Crippen molar-refractivity contribution < 1.29 is 17.9 Å². The summed E-state index contributed by atoms with van der Waals surface area (Å²) < 4.78 is 30.5. The summed E-state index contributed by atoms with van der Waals surface area (Å²) in [6.07, 6.45) is 1.07. The number of carbonyl (C=O) groups excluding carboxylic acids is 1. The van der Waals surface area contributed by atoms with Crippen molar-refractivity contribution in [3.63, 3.8) is 0 Å². The Morgan fingerprint density at radius 1 is 1.12 bits per heavy atom. The first-order chi connectivity index (χ1) is 12.4. The first-order valence-corrected chi connectivity index (χ1v) is 10.2. The van der Waals surface area contributed by atoms with Crippen LogP contribution in [0.15, 0.2) is 54.6 Å². The van der Waals surface area contributed by atoms with Gasteiger partial charge >= 0.3 is 0 Å². The van der Waals surface area contributed by atoms with Gasteiger partial charge in [-0.05, 0) is 23.8 Å². The number of nitrogens with zero attached hydrogens (tertiary/aromatic N) is 1. The second-order valence-electron chi connectivity index (χ2n) is 5.63. The average molecular weight is 397 g/mol. The maximum absolute atomic E-state index is 12.1. The lowest BCUT2D eigenvalue weighted by atomic mass is 10.2. The number of para-hydroxylation sites is 1. The zero-order chi connectivity index (χ0) is 19.0. The van der Waals surface area contributed by atoms with Crippen LogP contribution in [-0.4, -0.2) is 44.6 Å². The van der Waals surface area contributed by atoms with Crippen molar-refractivity contribution in [3.8, 4) is 5.75 Å². The molecule has 2 rings (SSSR count). The van der Waals surface area contributed by atoms with Gasteiger partial charge < -0.3 is 10.1 Å². The molecule has 8 heteroatoms. The first kappa shape index (κ1) is 20.2. The van der Waals surface area contributed by atoms with E-state index in [1.807, 2.05) is 30.3 Å². The lowest BCUT2D eigenvalue weighted by Gasteiger charge is -2.20. The molecule has 0 fully saturated rings. The predicted molar refractivity (Wildman–Crippen MR) is 102 cm³/mol. The molecule has 0 aromatic heterocycles. The van der Waals surface area contributed by atoms with Crippen LogP contribution in [0.25, 0.3) is 0 Å². The molecule has 0 unspecified atom stereocenters. The molecule has 6 nitrogen and oxygen atoms in total. The van der Waals surface area contributed by atoms with E-state index in [4.69, 9.17) is 16.3 Å². The third kappa shape index (κ3) is 6.67. The molecule has 1 N–H and O–H groups in total. The van der Waals surface area contributed by atoms with Gasteiger partial charge in [-0.3, -0.25) is 4.79 Å². The van der Waals surface area contributed by atoms with Crippen LogP contribution in [0, 0.1) is 0 Å². The van der Waals surface area contributed by atoms with Crippen molar-refractivity contribution in [3.05, 3.63) is 65.2 Å². The van der Waals surface area contributed by atoms with Crippen molar-refractivity contribution >= 4 is 27.5 Å². The molecule has 2 aromatic rings. The van der Waals surface area contributed by atoms with Crippen molar-refractivity contribution in [1.82, 2.24) is 9.62 Å². The minimum Gasteiger partial charge on any atom is -0.492 e. The fourth-order valence-corrected chi connectivity index (χ4v) is 3.12. The summed E-state index contributed by atoms with van der Waals surface area (Å²) in [5.74, 6) is 0.303. The number of hydrogen-bond acceptors (Lipinski definition) is 4. The Bertz CT molecular complexity index is 828. The van der Waals surface area contributed by atoms with Gasteiger partial charge in [-0.2, -0.15) is 4.31 Å². The quantitative estimate of drug-likeness (QED) is 0.660. The molecule has 2 aromatic carbocycles. The van der Waals surface area contributed by atoms with Gasteiger partial charge in [0.1, 0.15) is 12.4 Å². The number of nitrogens with one attached hydrogen (secondary N) is 1. The molecule has 0 spiro atoms. The zero-order valence-electron chi connectivity index (χ0n) is 14.4. The van der Waals surface area contributed by atoms with Crippen LogP contribution in [0.2, 0.25) is 5.02 Å². The normalized spacial score (nSPS) is 11.3. The largest absolute Gasteiger partial charge is 0.492 e. The summed E-state index contributed by atoms with van der Waals surface area (Å²) in [5, 5.41) is 3.11. The van der Waals surface area contributed by atoms with Gasteiger partial charge in [0, 0.05) is 11.6 Å². The number of ether oxygens (including phenoxy) is 1. The third-order valence-electron chi connectivity index (χ3n) is 3.53. The maximum Gasteiger partial charge on any atom is 0.235 e. The standard InChI is InChI=1S/C18H21ClN2O4S/c1-26(23,24)21(13-15-7-5-6-10-17(15)19)14-18(22)20-11-12-25-16-8-3-2-4-9-16/h2-10H,11-14H2,1H3,(H,20,22). The molecular weight excluding hydrogens is 376 g/mol. The number of rotatable bonds is 9. The number of hydrogen-bond donors (Lipinski definition) is 1. The van der Waals surface area contributed by atoms with Gasteiger partial charge in [-0.1, -0.05) is 48.0 Å². The predicted octanol–water partition coefficient (Wildman–Crippen LogP) is 2.30. The van der Waals surface area contributed by atoms with Crippen molar-refractivity contribution in [1.29, 1.82) is 0 Å². The molecule has 0 aliphatic heterocycles. The molecule has 1 amide bonds. The summed E-state index contributed by atoms with van der Waals surface area (Å²) in [7, 11) is -3.57. The molecule has 0 heterocycles. The fraction of sp³-hybridized carbons (Fsp3) is 0.278. The van der Waals surface area contributed by atoms with Gasteiger partial charge in [0.25, 0.3) is 0 Å². The van der Waals surface area contributed by atoms with E-state index in [1.54, 1.807) is 24.3 Å². The summed E-state index contributed by atoms with van der Waals surface area (Å²) >= 11 is 6.08. The lowest BCUT2D eigenvalue weighted by Crippen LogP contribution is -2.41. The number of benzene rings is 2. The van der Waals surface area contributed by atoms with Crippen molar-refractivity contribution in [2.24, 2.45) is 0 Å². The fourth-order valence-electron chi connectivity index (χ4n) is 2.20. The van der Waals surface area contributed by atoms with Gasteiger partial charge in [0.15, 0.2) is 0 Å². The Labute approximate surface area is 158 Å². The van der Waals surface area contributed by atoms with Gasteiger partial charge in [0.05, 0.1) is 19.3 Å². The Morgan fingerprint density at radius 2 is 1.77 bits per heavy atom. The maximum atomic E-state index is 12.1. The van der Waals surface area contributed by atoms with Crippen molar-refractivity contribution in [2.45, 2.75) is 6.54 Å².